The third kappa shape index (κ3) is 2.95. The van der Waals surface area contributed by atoms with Gasteiger partial charge >= 0.3 is 6.18 Å². The highest BCUT2D eigenvalue weighted by atomic mass is 19.4. The van der Waals surface area contributed by atoms with E-state index in [9.17, 15) is 18.0 Å². The zero-order valence-corrected chi connectivity index (χ0v) is 10.7. The summed E-state index contributed by atoms with van der Waals surface area (Å²) in [6.45, 7) is 1.35. The second-order valence-corrected chi connectivity index (χ2v) is 4.16. The number of nitrogens with one attached hydrogen (secondary N) is 1. The van der Waals surface area contributed by atoms with Gasteiger partial charge < -0.3 is 5.32 Å². The molecule has 2 aromatic rings. The van der Waals surface area contributed by atoms with Gasteiger partial charge in [-0.1, -0.05) is 0 Å². The van der Waals surface area contributed by atoms with Gasteiger partial charge in [0.05, 0.1) is 11.3 Å². The van der Waals surface area contributed by atoms with Crippen molar-refractivity contribution >= 4 is 11.7 Å². The van der Waals surface area contributed by atoms with Crippen LogP contribution in [0.25, 0.3) is 0 Å². The fraction of sp³-hybridized carbons (Fsp3) is 0.250. The number of hydrogen-bond donors (Lipinski definition) is 1. The molecule has 2 rings (SSSR count). The zero-order chi connectivity index (χ0) is 14.9. The van der Waals surface area contributed by atoms with Crippen LogP contribution in [0.1, 0.15) is 21.7 Å². The van der Waals surface area contributed by atoms with Crippen molar-refractivity contribution in [1.29, 1.82) is 0 Å². The van der Waals surface area contributed by atoms with Crippen LogP contribution >= 0.6 is 0 Å². The van der Waals surface area contributed by atoms with Crippen LogP contribution < -0.4 is 5.32 Å². The summed E-state index contributed by atoms with van der Waals surface area (Å²) in [5, 5.41) is 6.43. The predicted molar refractivity (Wildman–Crippen MR) is 65.1 cm³/mol. The minimum absolute atomic E-state index is 0.00764. The smallest absolute Gasteiger partial charge is 0.305 e. The topological polar surface area (TPSA) is 59.8 Å². The molecule has 5 nitrogen and oxygen atoms in total. The van der Waals surface area contributed by atoms with Crippen molar-refractivity contribution < 1.29 is 18.0 Å². The van der Waals surface area contributed by atoms with Crippen LogP contribution in [0.5, 0.6) is 0 Å². The number of carbonyl (C=O) groups is 1. The summed E-state index contributed by atoms with van der Waals surface area (Å²) in [5.41, 5.74) is -0.943. The average Bonchev–Trinajstić information content (AvgIpc) is 2.73. The Hall–Kier alpha value is -2.38. The Balaban J connectivity index is 2.22. The maximum Gasteiger partial charge on any atom is 0.433 e. The van der Waals surface area contributed by atoms with Crippen LogP contribution in [0.2, 0.25) is 0 Å². The zero-order valence-electron chi connectivity index (χ0n) is 10.7. The number of hydrogen-bond acceptors (Lipinski definition) is 3. The minimum Gasteiger partial charge on any atom is -0.305 e. The minimum atomic E-state index is -4.53. The fourth-order valence-corrected chi connectivity index (χ4v) is 1.62. The first-order valence-corrected chi connectivity index (χ1v) is 5.63. The van der Waals surface area contributed by atoms with Crippen LogP contribution in [0, 0.1) is 6.92 Å². The maximum absolute atomic E-state index is 12.5. The van der Waals surface area contributed by atoms with Crippen LogP contribution in [-0.2, 0) is 13.2 Å². The predicted octanol–water partition coefficient (Wildman–Crippen LogP) is 2.39. The summed E-state index contributed by atoms with van der Waals surface area (Å²) in [6.07, 6.45) is -2.89. The molecule has 0 unspecified atom stereocenters. The highest BCUT2D eigenvalue weighted by Crippen LogP contribution is 2.28. The number of rotatable bonds is 2. The molecule has 0 atom stereocenters. The lowest BCUT2D eigenvalue weighted by Gasteiger charge is -2.09. The van der Waals surface area contributed by atoms with Gasteiger partial charge in [-0.25, -0.2) is 4.98 Å². The molecule has 0 radical (unpaired) electrons. The van der Waals surface area contributed by atoms with Crippen molar-refractivity contribution in [3.8, 4) is 0 Å². The van der Waals surface area contributed by atoms with E-state index in [1.807, 2.05) is 0 Å². The Morgan fingerprint density at radius 3 is 2.50 bits per heavy atom. The lowest BCUT2D eigenvalue weighted by molar-refractivity contribution is -0.141. The van der Waals surface area contributed by atoms with Gasteiger partial charge in [0.2, 0.25) is 0 Å². The normalized spacial score (nSPS) is 11.4. The highest BCUT2D eigenvalue weighted by Gasteiger charge is 2.33. The number of halogens is 3. The van der Waals surface area contributed by atoms with Gasteiger partial charge in [-0.05, 0) is 19.1 Å². The van der Waals surface area contributed by atoms with Crippen molar-refractivity contribution in [2.45, 2.75) is 13.1 Å². The van der Waals surface area contributed by atoms with Crippen molar-refractivity contribution in [2.75, 3.05) is 5.32 Å². The molecule has 0 aliphatic heterocycles. The monoisotopic (exact) mass is 284 g/mol. The van der Waals surface area contributed by atoms with Crippen LogP contribution in [0.15, 0.2) is 24.4 Å². The van der Waals surface area contributed by atoms with Crippen molar-refractivity contribution in [2.24, 2.45) is 7.05 Å². The first kappa shape index (κ1) is 14.0. The molecule has 2 aromatic heterocycles. The number of nitrogens with zero attached hydrogens (tertiary/aromatic N) is 3. The van der Waals surface area contributed by atoms with Crippen molar-refractivity contribution in [3.63, 3.8) is 0 Å². The van der Waals surface area contributed by atoms with Crippen molar-refractivity contribution in [1.82, 2.24) is 14.8 Å². The number of pyridine rings is 1. The van der Waals surface area contributed by atoms with Gasteiger partial charge in [-0.15, -0.1) is 0 Å². The van der Waals surface area contributed by atoms with Crippen LogP contribution in [0.4, 0.5) is 19.0 Å². The molecule has 20 heavy (non-hydrogen) atoms. The Bertz CT molecular complexity index is 648. The summed E-state index contributed by atoms with van der Waals surface area (Å²) >= 11 is 0. The van der Waals surface area contributed by atoms with E-state index in [4.69, 9.17) is 0 Å². The van der Waals surface area contributed by atoms with Crippen LogP contribution in [0.3, 0.4) is 0 Å². The van der Waals surface area contributed by atoms with E-state index in [1.165, 1.54) is 11.6 Å². The summed E-state index contributed by atoms with van der Waals surface area (Å²) in [7, 11) is 1.68. The summed E-state index contributed by atoms with van der Waals surface area (Å²) in [6, 6.07) is 3.45. The van der Waals surface area contributed by atoms with Gasteiger partial charge in [0.25, 0.3) is 5.91 Å². The summed E-state index contributed by atoms with van der Waals surface area (Å²) in [4.78, 5) is 15.3. The van der Waals surface area contributed by atoms with E-state index in [1.54, 1.807) is 19.3 Å². The molecule has 8 heteroatoms. The second kappa shape index (κ2) is 4.95. The molecule has 0 aliphatic rings. The highest BCUT2D eigenvalue weighted by molar-refractivity contribution is 6.04. The first-order valence-electron chi connectivity index (χ1n) is 5.63. The van der Waals surface area contributed by atoms with Crippen molar-refractivity contribution in [3.05, 3.63) is 41.3 Å². The number of alkyl halides is 3. The third-order valence-electron chi connectivity index (χ3n) is 2.58. The molecule has 0 bridgehead atoms. The average molecular weight is 284 g/mol. The lowest BCUT2D eigenvalue weighted by atomic mass is 10.1. The molecule has 106 valence electrons. The van der Waals surface area contributed by atoms with Gasteiger partial charge in [-0.3, -0.25) is 9.48 Å². The number of carbonyl (C=O) groups excluding carboxylic acids is 1. The molecule has 0 spiro atoms. The molecule has 2 heterocycles. The molecule has 0 aromatic carbocycles. The molecular formula is C12H11F3N4O. The maximum atomic E-state index is 12.5. The van der Waals surface area contributed by atoms with E-state index >= 15 is 0 Å². The molecular weight excluding hydrogens is 273 g/mol. The Morgan fingerprint density at radius 2 is 2.00 bits per heavy atom. The largest absolute Gasteiger partial charge is 0.433 e. The summed E-state index contributed by atoms with van der Waals surface area (Å²) < 4.78 is 38.9. The summed E-state index contributed by atoms with van der Waals surface area (Å²) in [5.74, 6) is -0.237. The number of aromatic nitrogens is 3. The first-order chi connectivity index (χ1) is 9.27. The van der Waals surface area contributed by atoms with E-state index in [-0.39, 0.29) is 11.3 Å². The van der Waals surface area contributed by atoms with Gasteiger partial charge in [0.1, 0.15) is 5.69 Å². The molecule has 1 amide bonds. The standard InChI is InChI=1S/C12H11F3N4O/c1-7-8(3-4-9(16-7)12(13,14)15)11(20)17-10-5-6-19(2)18-10/h3-6H,1-2H3,(H,17,18,20). The third-order valence-corrected chi connectivity index (χ3v) is 2.58. The Kier molecular flexibility index (Phi) is 3.47. The molecule has 0 aliphatic carbocycles. The lowest BCUT2D eigenvalue weighted by Crippen LogP contribution is -2.17. The molecule has 0 fully saturated rings. The molecule has 0 saturated heterocycles. The fourth-order valence-electron chi connectivity index (χ4n) is 1.62. The quantitative estimate of drug-likeness (QED) is 0.921. The van der Waals surface area contributed by atoms with E-state index in [0.717, 1.165) is 12.1 Å². The van der Waals surface area contributed by atoms with E-state index in [2.05, 4.69) is 15.4 Å². The second-order valence-electron chi connectivity index (χ2n) is 4.16. The van der Waals surface area contributed by atoms with Gasteiger partial charge in [-0.2, -0.15) is 18.3 Å². The number of aryl methyl sites for hydroxylation is 2. The Morgan fingerprint density at radius 1 is 1.30 bits per heavy atom. The molecule has 0 saturated carbocycles. The van der Waals surface area contributed by atoms with E-state index in [0.29, 0.717) is 5.82 Å². The number of anilines is 1. The molecule has 1 N–H and O–H groups in total. The van der Waals surface area contributed by atoms with Gasteiger partial charge in [0, 0.05) is 19.3 Å². The number of amides is 1. The van der Waals surface area contributed by atoms with Crippen LogP contribution in [-0.4, -0.2) is 20.7 Å². The van der Waals surface area contributed by atoms with Gasteiger partial charge in [0.15, 0.2) is 5.82 Å². The Labute approximate surface area is 112 Å². The van der Waals surface area contributed by atoms with E-state index < -0.39 is 17.8 Å². The SMILES string of the molecule is Cc1nc(C(F)(F)F)ccc1C(=O)Nc1ccn(C)n1.